The molecule has 0 unspecified atom stereocenters. The number of rotatable bonds is 6. The van der Waals surface area contributed by atoms with Gasteiger partial charge in [-0.2, -0.15) is 0 Å². The van der Waals surface area contributed by atoms with Crippen LogP contribution < -0.4 is 10.0 Å². The molecule has 25 heavy (non-hydrogen) atoms. The summed E-state index contributed by atoms with van der Waals surface area (Å²) in [6.45, 7) is 0. The van der Waals surface area contributed by atoms with Gasteiger partial charge in [0.2, 0.25) is 0 Å². The number of alkyl halides is 2. The number of aromatic nitrogens is 3. The molecule has 2 aromatic rings. The number of amides is 1. The van der Waals surface area contributed by atoms with Crippen molar-refractivity contribution in [2.24, 2.45) is 0 Å². The predicted molar refractivity (Wildman–Crippen MR) is 83.9 cm³/mol. The molecule has 1 aromatic carbocycles. The van der Waals surface area contributed by atoms with Gasteiger partial charge in [-0.3, -0.25) is 4.79 Å². The standard InChI is InChI=1S/C14H15F2N5O3S/c1-17-8-3-2-4-10(7-8)25(23,24)19-14(22)11-12(13(15)16)21(20-18-11)9-5-6-9/h2-4,7,9,13,17H,5-6H2,1H3,(H,19,22). The van der Waals surface area contributed by atoms with Crippen LogP contribution in [0.25, 0.3) is 0 Å². The number of nitrogens with one attached hydrogen (secondary N) is 2. The van der Waals surface area contributed by atoms with Gasteiger partial charge in [0.1, 0.15) is 5.69 Å². The molecule has 1 saturated carbocycles. The molecule has 1 aromatic heterocycles. The number of carbonyl (C=O) groups excluding carboxylic acids is 1. The Morgan fingerprint density at radius 2 is 2.08 bits per heavy atom. The lowest BCUT2D eigenvalue weighted by molar-refractivity contribution is 0.0958. The van der Waals surface area contributed by atoms with Gasteiger partial charge in [0.05, 0.1) is 10.9 Å². The van der Waals surface area contributed by atoms with Crippen molar-refractivity contribution < 1.29 is 22.0 Å². The number of sulfonamides is 1. The van der Waals surface area contributed by atoms with Gasteiger partial charge >= 0.3 is 0 Å². The Balaban J connectivity index is 1.89. The Labute approximate surface area is 142 Å². The van der Waals surface area contributed by atoms with E-state index in [2.05, 4.69) is 15.6 Å². The zero-order valence-corrected chi connectivity index (χ0v) is 13.9. The molecule has 134 valence electrons. The third kappa shape index (κ3) is 3.45. The Hall–Kier alpha value is -2.56. The summed E-state index contributed by atoms with van der Waals surface area (Å²) in [5.41, 5.74) is -0.835. The van der Waals surface area contributed by atoms with E-state index in [1.165, 1.54) is 18.2 Å². The number of hydrogen-bond donors (Lipinski definition) is 2. The van der Waals surface area contributed by atoms with Crippen LogP contribution in [-0.2, 0) is 10.0 Å². The molecule has 11 heteroatoms. The Kier molecular flexibility index (Phi) is 4.41. The van der Waals surface area contributed by atoms with Crippen molar-refractivity contribution in [3.63, 3.8) is 0 Å². The quantitative estimate of drug-likeness (QED) is 0.801. The normalized spacial score (nSPS) is 14.6. The van der Waals surface area contributed by atoms with Crippen LogP contribution in [0.5, 0.6) is 0 Å². The summed E-state index contributed by atoms with van der Waals surface area (Å²) >= 11 is 0. The molecule has 1 fully saturated rings. The van der Waals surface area contributed by atoms with Gasteiger partial charge in [0, 0.05) is 12.7 Å². The summed E-state index contributed by atoms with van der Waals surface area (Å²) in [5.74, 6) is -1.24. The van der Waals surface area contributed by atoms with Gasteiger partial charge in [-0.15, -0.1) is 5.10 Å². The molecule has 0 bridgehead atoms. The third-order valence-corrected chi connectivity index (χ3v) is 5.03. The summed E-state index contributed by atoms with van der Waals surface area (Å²) in [4.78, 5) is 12.0. The second-order valence-electron chi connectivity index (χ2n) is 5.51. The minimum atomic E-state index is -4.24. The lowest BCUT2D eigenvalue weighted by Gasteiger charge is -2.09. The third-order valence-electron chi connectivity index (χ3n) is 3.71. The predicted octanol–water partition coefficient (Wildman–Crippen LogP) is 1.71. The van der Waals surface area contributed by atoms with E-state index in [4.69, 9.17) is 0 Å². The SMILES string of the molecule is CNc1cccc(S(=O)(=O)NC(=O)c2nnn(C3CC3)c2C(F)F)c1. The minimum Gasteiger partial charge on any atom is -0.388 e. The van der Waals surface area contributed by atoms with Gasteiger partial charge in [0.15, 0.2) is 5.69 Å². The molecule has 0 spiro atoms. The van der Waals surface area contributed by atoms with Crippen molar-refractivity contribution in [2.75, 3.05) is 12.4 Å². The zero-order valence-electron chi connectivity index (χ0n) is 13.1. The van der Waals surface area contributed by atoms with Crippen molar-refractivity contribution in [1.29, 1.82) is 0 Å². The summed E-state index contributed by atoms with van der Waals surface area (Å²) in [7, 11) is -2.63. The molecular weight excluding hydrogens is 356 g/mol. The maximum Gasteiger partial charge on any atom is 0.287 e. The molecule has 1 aliphatic rings. The van der Waals surface area contributed by atoms with Crippen LogP contribution in [0.2, 0.25) is 0 Å². The molecule has 1 amide bonds. The highest BCUT2D eigenvalue weighted by Gasteiger charge is 2.35. The molecular formula is C14H15F2N5O3S. The number of halogens is 2. The van der Waals surface area contributed by atoms with Crippen LogP contribution >= 0.6 is 0 Å². The summed E-state index contributed by atoms with van der Waals surface area (Å²) in [5, 5.41) is 9.80. The van der Waals surface area contributed by atoms with E-state index >= 15 is 0 Å². The van der Waals surface area contributed by atoms with E-state index < -0.39 is 33.7 Å². The monoisotopic (exact) mass is 371 g/mol. The first-order valence-corrected chi connectivity index (χ1v) is 8.90. The first-order valence-electron chi connectivity index (χ1n) is 7.41. The van der Waals surface area contributed by atoms with Crippen molar-refractivity contribution >= 4 is 21.6 Å². The van der Waals surface area contributed by atoms with Crippen LogP contribution in [0, 0.1) is 0 Å². The van der Waals surface area contributed by atoms with E-state index in [-0.39, 0.29) is 10.9 Å². The highest BCUT2D eigenvalue weighted by molar-refractivity contribution is 7.90. The fourth-order valence-corrected chi connectivity index (χ4v) is 3.30. The van der Waals surface area contributed by atoms with Crippen molar-refractivity contribution in [3.05, 3.63) is 35.7 Å². The molecule has 0 aliphatic heterocycles. The average molecular weight is 371 g/mol. The summed E-state index contributed by atoms with van der Waals surface area (Å²) < 4.78 is 54.0. The van der Waals surface area contributed by atoms with E-state index in [0.717, 1.165) is 4.68 Å². The second-order valence-corrected chi connectivity index (χ2v) is 7.19. The number of anilines is 1. The van der Waals surface area contributed by atoms with Gasteiger partial charge in [-0.25, -0.2) is 26.6 Å². The number of carbonyl (C=O) groups is 1. The Morgan fingerprint density at radius 3 is 2.68 bits per heavy atom. The maximum atomic E-state index is 13.3. The highest BCUT2D eigenvalue weighted by Crippen LogP contribution is 2.37. The van der Waals surface area contributed by atoms with Gasteiger partial charge < -0.3 is 5.32 Å². The first kappa shape index (κ1) is 17.3. The van der Waals surface area contributed by atoms with Crippen LogP contribution in [-0.4, -0.2) is 36.4 Å². The molecule has 1 aliphatic carbocycles. The average Bonchev–Trinajstić information content (AvgIpc) is 3.32. The zero-order chi connectivity index (χ0) is 18.2. The molecule has 0 radical (unpaired) electrons. The molecule has 0 atom stereocenters. The van der Waals surface area contributed by atoms with E-state index in [9.17, 15) is 22.0 Å². The molecule has 0 saturated heterocycles. The summed E-state index contributed by atoms with van der Waals surface area (Å²) in [6.07, 6.45) is -1.66. The summed E-state index contributed by atoms with van der Waals surface area (Å²) in [6, 6.07) is 5.49. The second kappa shape index (κ2) is 6.39. The Morgan fingerprint density at radius 1 is 1.36 bits per heavy atom. The van der Waals surface area contributed by atoms with Gasteiger partial charge in [-0.1, -0.05) is 11.3 Å². The van der Waals surface area contributed by atoms with Crippen LogP contribution in [0.3, 0.4) is 0 Å². The van der Waals surface area contributed by atoms with Gasteiger partial charge in [0.25, 0.3) is 22.4 Å². The lowest BCUT2D eigenvalue weighted by Crippen LogP contribution is -2.31. The Bertz CT molecular complexity index is 909. The van der Waals surface area contributed by atoms with Gasteiger partial charge in [-0.05, 0) is 31.0 Å². The van der Waals surface area contributed by atoms with Crippen molar-refractivity contribution in [2.45, 2.75) is 30.2 Å². The number of nitrogens with zero attached hydrogens (tertiary/aromatic N) is 3. The molecule has 8 nitrogen and oxygen atoms in total. The first-order chi connectivity index (χ1) is 11.8. The van der Waals surface area contributed by atoms with E-state index in [1.807, 2.05) is 0 Å². The lowest BCUT2D eigenvalue weighted by atomic mass is 10.3. The molecule has 1 heterocycles. The minimum absolute atomic E-state index is 0.180. The van der Waals surface area contributed by atoms with Crippen LogP contribution in [0.1, 0.15) is 41.5 Å². The topological polar surface area (TPSA) is 106 Å². The number of benzene rings is 1. The maximum absolute atomic E-state index is 13.3. The molecule has 3 rings (SSSR count). The van der Waals surface area contributed by atoms with Crippen molar-refractivity contribution in [3.8, 4) is 0 Å². The fraction of sp³-hybridized carbons (Fsp3) is 0.357. The van der Waals surface area contributed by atoms with E-state index in [0.29, 0.717) is 18.5 Å². The highest BCUT2D eigenvalue weighted by atomic mass is 32.2. The number of hydrogen-bond acceptors (Lipinski definition) is 6. The van der Waals surface area contributed by atoms with Crippen LogP contribution in [0.15, 0.2) is 29.2 Å². The van der Waals surface area contributed by atoms with Crippen LogP contribution in [0.4, 0.5) is 14.5 Å². The van der Waals surface area contributed by atoms with E-state index in [1.54, 1.807) is 17.8 Å². The smallest absolute Gasteiger partial charge is 0.287 e. The fourth-order valence-electron chi connectivity index (χ4n) is 2.30. The largest absolute Gasteiger partial charge is 0.388 e. The molecule has 2 N–H and O–H groups in total. The van der Waals surface area contributed by atoms with Crippen molar-refractivity contribution in [1.82, 2.24) is 19.7 Å².